The van der Waals surface area contributed by atoms with Crippen molar-refractivity contribution in [2.45, 2.75) is 63.2 Å². The van der Waals surface area contributed by atoms with E-state index in [-0.39, 0.29) is 5.41 Å². The zero-order chi connectivity index (χ0) is 21.0. The summed E-state index contributed by atoms with van der Waals surface area (Å²) in [5.74, 6) is 1.19. The van der Waals surface area contributed by atoms with Crippen LogP contribution in [0.15, 0.2) is 72.8 Å². The maximum atomic E-state index is 9.78. The molecule has 0 aromatic heterocycles. The van der Waals surface area contributed by atoms with Crippen molar-refractivity contribution in [3.8, 4) is 11.5 Å². The summed E-state index contributed by atoms with van der Waals surface area (Å²) in [4.78, 5) is 0. The Labute approximate surface area is 180 Å². The predicted octanol–water partition coefficient (Wildman–Crippen LogP) is 7.08. The molecule has 2 nitrogen and oxygen atoms in total. The quantitative estimate of drug-likeness (QED) is 0.464. The number of rotatable bonds is 6. The average molecular weight is 401 g/mol. The first-order chi connectivity index (χ1) is 14.6. The highest BCUT2D eigenvalue weighted by atomic mass is 16.3. The SMILES string of the molecule is CCCCc1ccc(C2CCC(c3ccc(O)cc3)(c3ccc(O)cc3)CC2)cc1. The zero-order valence-corrected chi connectivity index (χ0v) is 17.8. The van der Waals surface area contributed by atoms with Gasteiger partial charge in [-0.25, -0.2) is 0 Å². The van der Waals surface area contributed by atoms with Crippen molar-refractivity contribution in [1.82, 2.24) is 0 Å². The van der Waals surface area contributed by atoms with Gasteiger partial charge in [0.25, 0.3) is 0 Å². The molecule has 1 fully saturated rings. The monoisotopic (exact) mass is 400 g/mol. The molecular formula is C28H32O2. The minimum Gasteiger partial charge on any atom is -0.508 e. The average Bonchev–Trinajstić information content (AvgIpc) is 2.79. The van der Waals surface area contributed by atoms with E-state index in [1.165, 1.54) is 41.5 Å². The third-order valence-electron chi connectivity index (χ3n) is 6.95. The zero-order valence-electron chi connectivity index (χ0n) is 17.8. The maximum Gasteiger partial charge on any atom is 0.115 e. The smallest absolute Gasteiger partial charge is 0.115 e. The molecule has 1 aliphatic rings. The lowest BCUT2D eigenvalue weighted by atomic mass is 9.62. The standard InChI is InChI=1S/C28H32O2/c1-2-3-4-21-5-7-22(8-6-21)23-17-19-28(20-18-23,24-9-13-26(29)14-10-24)25-11-15-27(30)16-12-25/h5-16,23,29-30H,2-4,17-20H2,1H3. The molecular weight excluding hydrogens is 368 g/mol. The molecule has 0 unspecified atom stereocenters. The molecule has 0 aliphatic heterocycles. The van der Waals surface area contributed by atoms with Gasteiger partial charge in [0, 0.05) is 5.41 Å². The normalized spacial score (nSPS) is 16.4. The van der Waals surface area contributed by atoms with Crippen LogP contribution >= 0.6 is 0 Å². The van der Waals surface area contributed by atoms with Crippen LogP contribution in [0, 0.1) is 0 Å². The van der Waals surface area contributed by atoms with Crippen LogP contribution in [0.2, 0.25) is 0 Å². The second-order valence-corrected chi connectivity index (χ2v) is 8.80. The van der Waals surface area contributed by atoms with Gasteiger partial charge >= 0.3 is 0 Å². The summed E-state index contributed by atoms with van der Waals surface area (Å²) in [6.07, 6.45) is 8.06. The lowest BCUT2D eigenvalue weighted by molar-refractivity contribution is 0.314. The first-order valence-electron chi connectivity index (χ1n) is 11.3. The Morgan fingerprint density at radius 2 is 1.23 bits per heavy atom. The molecule has 0 radical (unpaired) electrons. The number of hydrogen-bond acceptors (Lipinski definition) is 2. The number of unbranched alkanes of at least 4 members (excludes halogenated alkanes) is 1. The van der Waals surface area contributed by atoms with Crippen molar-refractivity contribution < 1.29 is 10.2 Å². The van der Waals surface area contributed by atoms with E-state index in [1.807, 2.05) is 0 Å². The Balaban J connectivity index is 1.57. The van der Waals surface area contributed by atoms with Crippen LogP contribution in [0.25, 0.3) is 0 Å². The Kier molecular flexibility index (Phi) is 6.13. The van der Waals surface area contributed by atoms with E-state index >= 15 is 0 Å². The third kappa shape index (κ3) is 4.23. The summed E-state index contributed by atoms with van der Waals surface area (Å²) in [6.45, 7) is 2.24. The van der Waals surface area contributed by atoms with E-state index in [2.05, 4.69) is 55.5 Å². The summed E-state index contributed by atoms with van der Waals surface area (Å²) < 4.78 is 0. The molecule has 0 atom stereocenters. The minimum absolute atomic E-state index is 0.0705. The van der Waals surface area contributed by atoms with Crippen molar-refractivity contribution >= 4 is 0 Å². The lowest BCUT2D eigenvalue weighted by Gasteiger charge is -2.41. The van der Waals surface area contributed by atoms with Gasteiger partial charge in [-0.05, 0) is 91.0 Å². The summed E-state index contributed by atoms with van der Waals surface area (Å²) >= 11 is 0. The number of hydrogen-bond donors (Lipinski definition) is 2. The number of phenolic OH excluding ortho intramolecular Hbond substituents is 2. The van der Waals surface area contributed by atoms with Crippen molar-refractivity contribution in [2.75, 3.05) is 0 Å². The highest BCUT2D eigenvalue weighted by Gasteiger charge is 2.38. The Hall–Kier alpha value is -2.74. The minimum atomic E-state index is -0.0705. The molecule has 30 heavy (non-hydrogen) atoms. The van der Waals surface area contributed by atoms with Crippen molar-refractivity contribution in [2.24, 2.45) is 0 Å². The van der Waals surface area contributed by atoms with E-state index in [0.717, 1.165) is 25.7 Å². The van der Waals surface area contributed by atoms with E-state index in [4.69, 9.17) is 0 Å². The molecule has 2 N–H and O–H groups in total. The molecule has 0 bridgehead atoms. The molecule has 0 amide bonds. The predicted molar refractivity (Wildman–Crippen MR) is 123 cm³/mol. The van der Waals surface area contributed by atoms with Crippen molar-refractivity contribution in [3.63, 3.8) is 0 Å². The molecule has 1 aliphatic carbocycles. The summed E-state index contributed by atoms with van der Waals surface area (Å²) in [5.41, 5.74) is 5.33. The first-order valence-corrected chi connectivity index (χ1v) is 11.3. The highest BCUT2D eigenvalue weighted by molar-refractivity contribution is 5.44. The Morgan fingerprint density at radius 3 is 1.70 bits per heavy atom. The summed E-state index contributed by atoms with van der Waals surface area (Å²) in [7, 11) is 0. The topological polar surface area (TPSA) is 40.5 Å². The van der Waals surface area contributed by atoms with E-state index in [0.29, 0.717) is 17.4 Å². The first kappa shape index (κ1) is 20.5. The van der Waals surface area contributed by atoms with Gasteiger partial charge in [-0.15, -0.1) is 0 Å². The van der Waals surface area contributed by atoms with Crippen LogP contribution in [0.3, 0.4) is 0 Å². The van der Waals surface area contributed by atoms with Gasteiger partial charge in [-0.3, -0.25) is 0 Å². The molecule has 1 saturated carbocycles. The number of aromatic hydroxyl groups is 2. The number of phenols is 2. The fourth-order valence-corrected chi connectivity index (χ4v) is 5.09. The molecule has 4 rings (SSSR count). The summed E-state index contributed by atoms with van der Waals surface area (Å²) in [5, 5.41) is 19.6. The fourth-order valence-electron chi connectivity index (χ4n) is 5.09. The maximum absolute atomic E-state index is 9.78. The molecule has 2 heteroatoms. The van der Waals surface area contributed by atoms with Crippen LogP contribution in [0.5, 0.6) is 11.5 Å². The van der Waals surface area contributed by atoms with Gasteiger partial charge in [0.05, 0.1) is 0 Å². The highest BCUT2D eigenvalue weighted by Crippen LogP contribution is 2.49. The third-order valence-corrected chi connectivity index (χ3v) is 6.95. The van der Waals surface area contributed by atoms with E-state index < -0.39 is 0 Å². The number of benzene rings is 3. The van der Waals surface area contributed by atoms with Crippen LogP contribution < -0.4 is 0 Å². The van der Waals surface area contributed by atoms with Gasteiger partial charge in [-0.2, -0.15) is 0 Å². The van der Waals surface area contributed by atoms with Crippen LogP contribution in [0.4, 0.5) is 0 Å². The lowest BCUT2D eigenvalue weighted by Crippen LogP contribution is -2.32. The van der Waals surface area contributed by atoms with Crippen molar-refractivity contribution in [1.29, 1.82) is 0 Å². The second kappa shape index (κ2) is 8.95. The molecule has 3 aromatic carbocycles. The van der Waals surface area contributed by atoms with E-state index in [1.54, 1.807) is 24.3 Å². The van der Waals surface area contributed by atoms with Crippen molar-refractivity contribution in [3.05, 3.63) is 95.1 Å². The van der Waals surface area contributed by atoms with Gasteiger partial charge in [0.15, 0.2) is 0 Å². The van der Waals surface area contributed by atoms with Gasteiger partial charge in [0.2, 0.25) is 0 Å². The molecule has 3 aromatic rings. The molecule has 0 heterocycles. The van der Waals surface area contributed by atoms with Crippen LogP contribution in [0.1, 0.15) is 73.6 Å². The van der Waals surface area contributed by atoms with E-state index in [9.17, 15) is 10.2 Å². The van der Waals surface area contributed by atoms with Gasteiger partial charge in [-0.1, -0.05) is 61.9 Å². The Bertz CT molecular complexity index is 884. The fraction of sp³-hybridized carbons (Fsp3) is 0.357. The van der Waals surface area contributed by atoms with Crippen LogP contribution in [-0.4, -0.2) is 10.2 Å². The Morgan fingerprint density at radius 1 is 0.733 bits per heavy atom. The van der Waals surface area contributed by atoms with Crippen LogP contribution in [-0.2, 0) is 11.8 Å². The largest absolute Gasteiger partial charge is 0.508 e. The van der Waals surface area contributed by atoms with Gasteiger partial charge < -0.3 is 10.2 Å². The summed E-state index contributed by atoms with van der Waals surface area (Å²) in [6, 6.07) is 24.7. The molecule has 0 saturated heterocycles. The molecule has 156 valence electrons. The molecule has 0 spiro atoms. The van der Waals surface area contributed by atoms with Gasteiger partial charge in [0.1, 0.15) is 11.5 Å². The second-order valence-electron chi connectivity index (χ2n) is 8.80. The number of aryl methyl sites for hydroxylation is 1.